The third kappa shape index (κ3) is 1.85. The van der Waals surface area contributed by atoms with Gasteiger partial charge in [0.2, 0.25) is 0 Å². The Bertz CT molecular complexity index is 469. The van der Waals surface area contributed by atoms with Crippen molar-refractivity contribution in [2.75, 3.05) is 0 Å². The van der Waals surface area contributed by atoms with Crippen LogP contribution in [-0.2, 0) is 0 Å². The van der Waals surface area contributed by atoms with Crippen LogP contribution in [-0.4, -0.2) is 14.8 Å². The highest BCUT2D eigenvalue weighted by Crippen LogP contribution is 2.16. The minimum atomic E-state index is -0.421. The van der Waals surface area contributed by atoms with Crippen LogP contribution in [0.15, 0.2) is 33.6 Å². The fourth-order valence-corrected chi connectivity index (χ4v) is 1.58. The van der Waals surface area contributed by atoms with E-state index in [-0.39, 0.29) is 5.82 Å². The minimum absolute atomic E-state index is 0.180. The minimum Gasteiger partial charge on any atom is -0.233 e. The highest BCUT2D eigenvalue weighted by atomic mass is 79.9. The summed E-state index contributed by atoms with van der Waals surface area (Å²) >= 11 is 6.36. The molecule has 0 fully saturated rings. The first-order chi connectivity index (χ1) is 6.66. The summed E-state index contributed by atoms with van der Waals surface area (Å²) < 4.78 is 16.1. The standard InChI is InChI=1S/C8H4Br2FN3/c9-5-1-7(11)8(12-2-5)14-4-6(10)3-13-14/h1-4H. The molecule has 0 N–H and O–H groups in total. The molecule has 0 saturated heterocycles. The molecule has 0 spiro atoms. The molecule has 0 aromatic carbocycles. The van der Waals surface area contributed by atoms with E-state index in [9.17, 15) is 4.39 Å². The lowest BCUT2D eigenvalue weighted by atomic mass is 10.4. The molecule has 2 rings (SSSR count). The maximum Gasteiger partial charge on any atom is 0.189 e. The van der Waals surface area contributed by atoms with Gasteiger partial charge in [-0.3, -0.25) is 0 Å². The van der Waals surface area contributed by atoms with E-state index in [0.717, 1.165) is 4.47 Å². The molecule has 0 aliphatic heterocycles. The van der Waals surface area contributed by atoms with E-state index in [1.165, 1.54) is 16.9 Å². The number of rotatable bonds is 1. The molecular weight excluding hydrogens is 317 g/mol. The van der Waals surface area contributed by atoms with Crippen LogP contribution in [0.25, 0.3) is 5.82 Å². The van der Waals surface area contributed by atoms with Crippen LogP contribution in [0.4, 0.5) is 4.39 Å². The zero-order valence-corrected chi connectivity index (χ0v) is 9.96. The van der Waals surface area contributed by atoms with Crippen molar-refractivity contribution in [1.82, 2.24) is 14.8 Å². The van der Waals surface area contributed by atoms with E-state index in [2.05, 4.69) is 41.9 Å². The molecule has 72 valence electrons. The van der Waals surface area contributed by atoms with E-state index < -0.39 is 5.82 Å². The molecule has 0 saturated carbocycles. The fraction of sp³-hybridized carbons (Fsp3) is 0. The number of aromatic nitrogens is 3. The summed E-state index contributed by atoms with van der Waals surface area (Å²) in [7, 11) is 0. The van der Waals surface area contributed by atoms with E-state index in [1.54, 1.807) is 12.4 Å². The van der Waals surface area contributed by atoms with Gasteiger partial charge in [0, 0.05) is 16.9 Å². The van der Waals surface area contributed by atoms with Gasteiger partial charge in [-0.1, -0.05) is 0 Å². The number of hydrogen-bond donors (Lipinski definition) is 0. The molecule has 14 heavy (non-hydrogen) atoms. The molecular formula is C8H4Br2FN3. The Morgan fingerprint density at radius 2 is 2.00 bits per heavy atom. The molecule has 0 bridgehead atoms. The monoisotopic (exact) mass is 319 g/mol. The van der Waals surface area contributed by atoms with Gasteiger partial charge < -0.3 is 0 Å². The molecule has 0 amide bonds. The largest absolute Gasteiger partial charge is 0.233 e. The van der Waals surface area contributed by atoms with Crippen molar-refractivity contribution in [3.63, 3.8) is 0 Å². The molecule has 0 unspecified atom stereocenters. The van der Waals surface area contributed by atoms with Gasteiger partial charge in [-0.15, -0.1) is 0 Å². The molecule has 0 atom stereocenters. The van der Waals surface area contributed by atoms with Crippen LogP contribution in [0.5, 0.6) is 0 Å². The average molecular weight is 321 g/mol. The van der Waals surface area contributed by atoms with Crippen molar-refractivity contribution < 1.29 is 4.39 Å². The smallest absolute Gasteiger partial charge is 0.189 e. The molecule has 6 heteroatoms. The molecule has 2 aromatic heterocycles. The number of halogens is 3. The van der Waals surface area contributed by atoms with Crippen molar-refractivity contribution in [3.05, 3.63) is 39.4 Å². The van der Waals surface area contributed by atoms with E-state index in [1.807, 2.05) is 0 Å². The molecule has 0 aliphatic rings. The van der Waals surface area contributed by atoms with Gasteiger partial charge >= 0.3 is 0 Å². The normalized spacial score (nSPS) is 10.5. The number of nitrogens with zero attached hydrogens (tertiary/aromatic N) is 3. The summed E-state index contributed by atoms with van der Waals surface area (Å²) in [6, 6.07) is 1.35. The zero-order valence-electron chi connectivity index (χ0n) is 6.78. The first-order valence-electron chi connectivity index (χ1n) is 3.68. The lowest BCUT2D eigenvalue weighted by molar-refractivity contribution is 0.599. The molecule has 3 nitrogen and oxygen atoms in total. The van der Waals surface area contributed by atoms with Gasteiger partial charge in [0.25, 0.3) is 0 Å². The zero-order chi connectivity index (χ0) is 10.1. The van der Waals surface area contributed by atoms with Gasteiger partial charge in [0.1, 0.15) is 0 Å². The molecule has 2 heterocycles. The first-order valence-corrected chi connectivity index (χ1v) is 5.27. The Hall–Kier alpha value is -0.750. The molecule has 2 aromatic rings. The lowest BCUT2D eigenvalue weighted by Gasteiger charge is -2.01. The summed E-state index contributed by atoms with van der Waals surface area (Å²) in [6.45, 7) is 0. The summed E-state index contributed by atoms with van der Waals surface area (Å²) in [6.07, 6.45) is 4.73. The Morgan fingerprint density at radius 1 is 1.21 bits per heavy atom. The number of hydrogen-bond acceptors (Lipinski definition) is 2. The Morgan fingerprint density at radius 3 is 2.57 bits per heavy atom. The maximum absolute atomic E-state index is 13.4. The van der Waals surface area contributed by atoms with E-state index in [4.69, 9.17) is 0 Å². The van der Waals surface area contributed by atoms with E-state index in [0.29, 0.717) is 4.47 Å². The van der Waals surface area contributed by atoms with Crippen LogP contribution in [0, 0.1) is 5.82 Å². The Labute approximate surface area is 96.2 Å². The Kier molecular flexibility index (Phi) is 2.64. The summed E-state index contributed by atoms with van der Waals surface area (Å²) in [5.41, 5.74) is 0. The predicted molar refractivity (Wildman–Crippen MR) is 56.7 cm³/mol. The highest BCUT2D eigenvalue weighted by Gasteiger charge is 2.07. The van der Waals surface area contributed by atoms with Gasteiger partial charge in [-0.2, -0.15) is 5.10 Å². The van der Waals surface area contributed by atoms with Gasteiger partial charge in [-0.05, 0) is 37.9 Å². The third-order valence-corrected chi connectivity index (χ3v) is 2.40. The summed E-state index contributed by atoms with van der Waals surface area (Å²) in [5.74, 6) is -0.242. The van der Waals surface area contributed by atoms with Gasteiger partial charge in [0.15, 0.2) is 11.6 Å². The number of pyridine rings is 1. The van der Waals surface area contributed by atoms with Crippen LogP contribution in [0.2, 0.25) is 0 Å². The molecule has 0 aliphatic carbocycles. The van der Waals surface area contributed by atoms with Gasteiger partial charge in [0.05, 0.1) is 10.7 Å². The van der Waals surface area contributed by atoms with E-state index >= 15 is 0 Å². The van der Waals surface area contributed by atoms with Crippen LogP contribution in [0.3, 0.4) is 0 Å². The fourth-order valence-electron chi connectivity index (χ4n) is 0.993. The third-order valence-electron chi connectivity index (χ3n) is 1.56. The Balaban J connectivity index is 2.52. The van der Waals surface area contributed by atoms with Crippen LogP contribution >= 0.6 is 31.9 Å². The maximum atomic E-state index is 13.4. The van der Waals surface area contributed by atoms with Crippen molar-refractivity contribution in [3.8, 4) is 5.82 Å². The van der Waals surface area contributed by atoms with Crippen molar-refractivity contribution in [1.29, 1.82) is 0 Å². The second-order valence-electron chi connectivity index (χ2n) is 2.56. The van der Waals surface area contributed by atoms with Crippen LogP contribution < -0.4 is 0 Å². The SMILES string of the molecule is Fc1cc(Br)cnc1-n1cc(Br)cn1. The lowest BCUT2D eigenvalue weighted by Crippen LogP contribution is -2.00. The predicted octanol–water partition coefficient (Wildman–Crippen LogP) is 2.93. The van der Waals surface area contributed by atoms with Crippen LogP contribution in [0.1, 0.15) is 0 Å². The topological polar surface area (TPSA) is 30.7 Å². The molecule has 0 radical (unpaired) electrons. The van der Waals surface area contributed by atoms with Crippen molar-refractivity contribution >= 4 is 31.9 Å². The van der Waals surface area contributed by atoms with Crippen molar-refractivity contribution in [2.45, 2.75) is 0 Å². The van der Waals surface area contributed by atoms with Crippen molar-refractivity contribution in [2.24, 2.45) is 0 Å². The summed E-state index contributed by atoms with van der Waals surface area (Å²) in [5, 5.41) is 3.93. The second kappa shape index (κ2) is 3.78. The van der Waals surface area contributed by atoms with Gasteiger partial charge in [-0.25, -0.2) is 14.1 Å². The average Bonchev–Trinajstić information content (AvgIpc) is 2.51. The second-order valence-corrected chi connectivity index (χ2v) is 4.39. The first kappa shape index (κ1) is 9.79. The quantitative estimate of drug-likeness (QED) is 0.809. The highest BCUT2D eigenvalue weighted by molar-refractivity contribution is 9.10. The summed E-state index contributed by atoms with van der Waals surface area (Å²) in [4.78, 5) is 3.92.